The predicted octanol–water partition coefficient (Wildman–Crippen LogP) is 5.51. The van der Waals surface area contributed by atoms with Gasteiger partial charge < -0.3 is 20.4 Å². The van der Waals surface area contributed by atoms with Crippen LogP contribution in [-0.4, -0.2) is 99.3 Å². The Hall–Kier alpha value is -4.09. The molecule has 0 aromatic heterocycles. The van der Waals surface area contributed by atoms with Crippen molar-refractivity contribution in [2.45, 2.75) is 109 Å². The Balaban J connectivity index is 0.927. The quantitative estimate of drug-likeness (QED) is 0.198. The summed E-state index contributed by atoms with van der Waals surface area (Å²) in [4.78, 5) is 58.9. The molecule has 3 heterocycles. The molecule has 1 unspecified atom stereocenters. The molecule has 4 fully saturated rings. The van der Waals surface area contributed by atoms with Crippen LogP contribution in [-0.2, 0) is 19.2 Å². The van der Waals surface area contributed by atoms with E-state index in [2.05, 4.69) is 50.6 Å². The highest BCUT2D eigenvalue weighted by Gasteiger charge is 2.52. The summed E-state index contributed by atoms with van der Waals surface area (Å²) in [5.74, 6) is -0.105. The second-order valence-corrected chi connectivity index (χ2v) is 16.6. The van der Waals surface area contributed by atoms with Gasteiger partial charge in [-0.05, 0) is 134 Å². The number of rotatable bonds is 11. The number of anilines is 3. The minimum absolute atomic E-state index is 0.0778. The molecule has 3 saturated heterocycles. The molecule has 3 N–H and O–H groups in total. The lowest BCUT2D eigenvalue weighted by Gasteiger charge is -2.44. The van der Waals surface area contributed by atoms with Gasteiger partial charge in [0.1, 0.15) is 17.6 Å². The fraction of sp³-hybridized carbons (Fsp3) is 0.550. The van der Waals surface area contributed by atoms with Crippen molar-refractivity contribution in [2.24, 2.45) is 5.92 Å². The summed E-state index contributed by atoms with van der Waals surface area (Å²) in [7, 11) is 0. The van der Waals surface area contributed by atoms with Crippen molar-refractivity contribution in [3.8, 4) is 6.07 Å². The van der Waals surface area contributed by atoms with Crippen LogP contribution in [0.25, 0.3) is 0 Å². The number of halogens is 1. The number of carbonyl (C=O) groups is 4. The van der Waals surface area contributed by atoms with Gasteiger partial charge in [0.25, 0.3) is 5.91 Å². The molecule has 0 spiro atoms. The maximum atomic E-state index is 13.6. The van der Waals surface area contributed by atoms with Gasteiger partial charge in [0.2, 0.25) is 17.7 Å². The number of amides is 4. The fourth-order valence-corrected chi connectivity index (χ4v) is 9.51. The summed E-state index contributed by atoms with van der Waals surface area (Å²) >= 11 is 12.2. The molecule has 2 aromatic rings. The lowest BCUT2D eigenvalue weighted by atomic mass is 9.82. The van der Waals surface area contributed by atoms with Gasteiger partial charge in [0, 0.05) is 49.0 Å². The average Bonchev–Trinajstić information content (AvgIpc) is 3.30. The van der Waals surface area contributed by atoms with Crippen molar-refractivity contribution < 1.29 is 19.2 Å². The van der Waals surface area contributed by atoms with E-state index in [9.17, 15) is 24.4 Å². The highest BCUT2D eigenvalue weighted by Crippen LogP contribution is 2.40. The number of piperidine rings is 1. The maximum absolute atomic E-state index is 13.6. The van der Waals surface area contributed by atoms with Gasteiger partial charge in [-0.2, -0.15) is 5.26 Å². The van der Waals surface area contributed by atoms with Gasteiger partial charge in [-0.1, -0.05) is 17.7 Å². The van der Waals surface area contributed by atoms with E-state index in [4.69, 9.17) is 23.8 Å². The number of nitriles is 1. The first kappa shape index (κ1) is 39.6. The molecule has 6 rings (SSSR count). The molecule has 288 valence electrons. The highest BCUT2D eigenvalue weighted by atomic mass is 35.5. The van der Waals surface area contributed by atoms with E-state index in [1.165, 1.54) is 0 Å². The van der Waals surface area contributed by atoms with E-state index in [0.29, 0.717) is 58.1 Å². The number of nitrogens with one attached hydrogen (secondary N) is 3. The Morgan fingerprint density at radius 3 is 2.39 bits per heavy atom. The SMILES string of the molecule is C[C@@H]1CN(CCCC2CCC(N3C(=S)N(c4ccc(C#N)c(Cl)c4)C(=O)C3(C)C)CC2)C[C@H](C)N1CC(=O)Nc1cccc(NC2CCC(=O)NC2=O)c1. The zero-order valence-corrected chi connectivity index (χ0v) is 33.1. The molecule has 14 heteroatoms. The normalized spacial score (nSPS) is 26.4. The third-order valence-corrected chi connectivity index (χ3v) is 12.2. The number of carbonyl (C=O) groups excluding carboxylic acids is 4. The lowest BCUT2D eigenvalue weighted by Crippen LogP contribution is -2.58. The smallest absolute Gasteiger partial charge is 0.258 e. The largest absolute Gasteiger partial charge is 0.374 e. The van der Waals surface area contributed by atoms with Crippen molar-refractivity contribution in [1.82, 2.24) is 20.0 Å². The van der Waals surface area contributed by atoms with Crippen LogP contribution in [0.2, 0.25) is 5.02 Å². The van der Waals surface area contributed by atoms with E-state index in [0.717, 1.165) is 58.2 Å². The number of hydrogen-bond donors (Lipinski definition) is 3. The van der Waals surface area contributed by atoms with Crippen molar-refractivity contribution in [3.05, 3.63) is 53.1 Å². The Bertz CT molecular complexity index is 1810. The number of piperazine rings is 1. The van der Waals surface area contributed by atoms with E-state index >= 15 is 0 Å². The summed E-state index contributed by atoms with van der Waals surface area (Å²) in [5, 5.41) is 18.6. The van der Waals surface area contributed by atoms with Crippen molar-refractivity contribution in [2.75, 3.05) is 41.7 Å². The fourth-order valence-electron chi connectivity index (χ4n) is 8.73. The molecular weight excluding hydrogens is 724 g/mol. The van der Waals surface area contributed by atoms with E-state index < -0.39 is 11.6 Å². The third-order valence-electron chi connectivity index (χ3n) is 11.6. The van der Waals surface area contributed by atoms with E-state index in [-0.39, 0.29) is 41.8 Å². The molecule has 0 bridgehead atoms. The number of imide groups is 1. The first-order valence-electron chi connectivity index (χ1n) is 19.1. The van der Waals surface area contributed by atoms with E-state index in [1.54, 1.807) is 23.1 Å². The van der Waals surface area contributed by atoms with Gasteiger partial charge in [0.15, 0.2) is 5.11 Å². The van der Waals surface area contributed by atoms with Crippen LogP contribution in [0.1, 0.15) is 84.6 Å². The molecule has 12 nitrogen and oxygen atoms in total. The minimum Gasteiger partial charge on any atom is -0.374 e. The van der Waals surface area contributed by atoms with Gasteiger partial charge in [-0.15, -0.1) is 0 Å². The standard InChI is InChI=1S/C40H51ClN8O4S/c1-25-22-46(23-26(2)47(25)24-36(51)44-30-9-5-8-29(19-30)43-34-16-17-35(50)45-37(34)52)18-6-7-27-10-13-31(14-11-27)49-39(54)48(38(53)40(49,3)4)32-15-12-28(21-42)33(41)20-32/h5,8-9,12,15,19-20,25-27,31,34,43H,6-7,10-11,13-14,16-18,22-24H2,1-4H3,(H,44,51)(H,45,50,52)/t25-,26+,27?,31?,34?. The molecule has 0 radical (unpaired) electrons. The molecule has 54 heavy (non-hydrogen) atoms. The maximum Gasteiger partial charge on any atom is 0.258 e. The number of benzene rings is 2. The Labute approximate surface area is 328 Å². The molecule has 4 aliphatic rings. The van der Waals surface area contributed by atoms with Crippen LogP contribution in [0.15, 0.2) is 42.5 Å². The second-order valence-electron chi connectivity index (χ2n) is 15.9. The molecule has 1 saturated carbocycles. The molecular formula is C40H51ClN8O4S. The summed E-state index contributed by atoms with van der Waals surface area (Å²) < 4.78 is 0. The molecule has 1 aliphatic carbocycles. The third kappa shape index (κ3) is 8.73. The van der Waals surface area contributed by atoms with Gasteiger partial charge in [-0.3, -0.25) is 34.3 Å². The summed E-state index contributed by atoms with van der Waals surface area (Å²) in [6.45, 7) is 11.4. The zero-order valence-electron chi connectivity index (χ0n) is 31.6. The van der Waals surface area contributed by atoms with Gasteiger partial charge >= 0.3 is 0 Å². The van der Waals surface area contributed by atoms with E-state index in [1.807, 2.05) is 38.1 Å². The Kier molecular flexibility index (Phi) is 12.3. The second kappa shape index (κ2) is 16.7. The molecule has 2 aromatic carbocycles. The Morgan fingerprint density at radius 1 is 1.02 bits per heavy atom. The van der Waals surface area contributed by atoms with Crippen molar-refractivity contribution >= 4 is 69.6 Å². The van der Waals surface area contributed by atoms with Crippen LogP contribution in [0.4, 0.5) is 17.1 Å². The van der Waals surface area contributed by atoms with Gasteiger partial charge in [0.05, 0.1) is 22.8 Å². The molecule has 4 amide bonds. The van der Waals surface area contributed by atoms with Crippen LogP contribution < -0.4 is 20.9 Å². The van der Waals surface area contributed by atoms with Crippen LogP contribution in [0.3, 0.4) is 0 Å². The summed E-state index contributed by atoms with van der Waals surface area (Å²) in [6.07, 6.45) is 7.18. The van der Waals surface area contributed by atoms with Crippen molar-refractivity contribution in [1.29, 1.82) is 5.26 Å². The van der Waals surface area contributed by atoms with Crippen LogP contribution >= 0.6 is 23.8 Å². The predicted molar refractivity (Wildman–Crippen MR) is 214 cm³/mol. The topological polar surface area (TPSA) is 141 Å². The zero-order chi connectivity index (χ0) is 38.7. The van der Waals surface area contributed by atoms with Crippen LogP contribution in [0.5, 0.6) is 0 Å². The monoisotopic (exact) mass is 774 g/mol. The van der Waals surface area contributed by atoms with Gasteiger partial charge in [-0.25, -0.2) is 0 Å². The lowest BCUT2D eigenvalue weighted by molar-refractivity contribution is -0.133. The Morgan fingerprint density at radius 2 is 1.72 bits per heavy atom. The number of thiocarbonyl (C=S) groups is 1. The van der Waals surface area contributed by atoms with Crippen LogP contribution in [0, 0.1) is 17.2 Å². The molecule has 3 atom stereocenters. The highest BCUT2D eigenvalue weighted by molar-refractivity contribution is 7.80. The summed E-state index contributed by atoms with van der Waals surface area (Å²) in [5.41, 5.74) is 1.55. The number of nitrogens with zero attached hydrogens (tertiary/aromatic N) is 5. The van der Waals surface area contributed by atoms with Crippen molar-refractivity contribution in [3.63, 3.8) is 0 Å². The average molecular weight is 775 g/mol. The summed E-state index contributed by atoms with van der Waals surface area (Å²) in [6, 6.07) is 14.5. The first-order chi connectivity index (χ1) is 25.7. The first-order valence-corrected chi connectivity index (χ1v) is 19.9. The number of hydrogen-bond acceptors (Lipinski definition) is 9. The minimum atomic E-state index is -0.771. The molecule has 3 aliphatic heterocycles.